The molecule has 3 heterocycles. The number of hydrogen-bond donors (Lipinski definition) is 1. The fourth-order valence-corrected chi connectivity index (χ4v) is 1.74. The lowest BCUT2D eigenvalue weighted by atomic mass is 10.2. The van der Waals surface area contributed by atoms with E-state index in [0.29, 0.717) is 5.89 Å². The molecule has 2 aromatic rings. The minimum atomic E-state index is 0.678. The van der Waals surface area contributed by atoms with Crippen molar-refractivity contribution >= 4 is 0 Å². The van der Waals surface area contributed by atoms with E-state index in [0.717, 1.165) is 36.5 Å². The van der Waals surface area contributed by atoms with Gasteiger partial charge >= 0.3 is 0 Å². The van der Waals surface area contributed by atoms with Crippen molar-refractivity contribution in [1.82, 2.24) is 15.3 Å². The third kappa shape index (κ3) is 1.53. The first-order valence-electron chi connectivity index (χ1n) is 5.03. The normalized spacial score (nSPS) is 14.9. The Labute approximate surface area is 87.4 Å². The number of aromatic nitrogens is 2. The molecule has 4 heteroatoms. The molecule has 0 unspecified atom stereocenters. The maximum absolute atomic E-state index is 5.70. The number of nitrogens with one attached hydrogen (secondary N) is 1. The zero-order valence-corrected chi connectivity index (χ0v) is 8.23. The molecule has 0 radical (unpaired) electrons. The van der Waals surface area contributed by atoms with Crippen LogP contribution in [0.1, 0.15) is 11.5 Å². The molecule has 0 amide bonds. The Morgan fingerprint density at radius 3 is 3.20 bits per heavy atom. The van der Waals surface area contributed by atoms with E-state index in [-0.39, 0.29) is 0 Å². The summed E-state index contributed by atoms with van der Waals surface area (Å²) in [6.45, 7) is 1.77. The molecule has 0 saturated heterocycles. The van der Waals surface area contributed by atoms with Gasteiger partial charge < -0.3 is 9.73 Å². The first-order valence-corrected chi connectivity index (χ1v) is 5.03. The van der Waals surface area contributed by atoms with Crippen molar-refractivity contribution in [3.05, 3.63) is 36.0 Å². The minimum absolute atomic E-state index is 0.678. The number of rotatable bonds is 1. The summed E-state index contributed by atoms with van der Waals surface area (Å²) in [5.41, 5.74) is 1.96. The second-order valence-electron chi connectivity index (χ2n) is 3.56. The molecule has 3 rings (SSSR count). The molecule has 1 aliphatic heterocycles. The molecule has 1 N–H and O–H groups in total. The monoisotopic (exact) mass is 201 g/mol. The van der Waals surface area contributed by atoms with Crippen molar-refractivity contribution in [2.24, 2.45) is 0 Å². The van der Waals surface area contributed by atoms with Crippen molar-refractivity contribution in [2.45, 2.75) is 13.0 Å². The predicted octanol–water partition coefficient (Wildman–Crippen LogP) is 1.38. The lowest BCUT2D eigenvalue weighted by Crippen LogP contribution is -2.22. The largest absolute Gasteiger partial charge is 0.441 e. The van der Waals surface area contributed by atoms with Crippen LogP contribution in [0.25, 0.3) is 11.5 Å². The van der Waals surface area contributed by atoms with Gasteiger partial charge in [0.15, 0.2) is 0 Å². The quantitative estimate of drug-likeness (QED) is 0.757. The van der Waals surface area contributed by atoms with Gasteiger partial charge in [-0.15, -0.1) is 0 Å². The van der Waals surface area contributed by atoms with Gasteiger partial charge in [0.05, 0.1) is 11.3 Å². The van der Waals surface area contributed by atoms with Crippen LogP contribution < -0.4 is 5.32 Å². The lowest BCUT2D eigenvalue weighted by molar-refractivity contribution is 0.483. The Hall–Kier alpha value is -1.68. The summed E-state index contributed by atoms with van der Waals surface area (Å²) in [6, 6.07) is 3.84. The zero-order valence-electron chi connectivity index (χ0n) is 8.23. The number of fused-ring (bicyclic) bond motifs is 1. The number of nitrogens with zero attached hydrogens (tertiary/aromatic N) is 2. The van der Waals surface area contributed by atoms with Gasteiger partial charge in [0.2, 0.25) is 5.89 Å². The van der Waals surface area contributed by atoms with Crippen molar-refractivity contribution in [2.75, 3.05) is 6.54 Å². The van der Waals surface area contributed by atoms with Gasteiger partial charge in [-0.3, -0.25) is 4.98 Å². The van der Waals surface area contributed by atoms with E-state index >= 15 is 0 Å². The number of pyridine rings is 1. The topological polar surface area (TPSA) is 51.0 Å². The fraction of sp³-hybridized carbons (Fsp3) is 0.273. The predicted molar refractivity (Wildman–Crippen MR) is 55.1 cm³/mol. The molecular formula is C11H11N3O. The van der Waals surface area contributed by atoms with Gasteiger partial charge in [-0.1, -0.05) is 0 Å². The van der Waals surface area contributed by atoms with Gasteiger partial charge in [0.25, 0.3) is 0 Å². The van der Waals surface area contributed by atoms with E-state index < -0.39 is 0 Å². The average Bonchev–Trinajstić information content (AvgIpc) is 2.74. The Bertz CT molecular complexity index is 440. The van der Waals surface area contributed by atoms with Gasteiger partial charge in [-0.05, 0) is 12.1 Å². The highest BCUT2D eigenvalue weighted by Gasteiger charge is 2.17. The fourth-order valence-electron chi connectivity index (χ4n) is 1.74. The summed E-state index contributed by atoms with van der Waals surface area (Å²) >= 11 is 0. The summed E-state index contributed by atoms with van der Waals surface area (Å²) in [5, 5.41) is 3.27. The van der Waals surface area contributed by atoms with Crippen LogP contribution in [0.4, 0.5) is 0 Å². The van der Waals surface area contributed by atoms with Crippen LogP contribution >= 0.6 is 0 Å². The second kappa shape index (κ2) is 3.47. The zero-order chi connectivity index (χ0) is 10.1. The Kier molecular flexibility index (Phi) is 1.99. The van der Waals surface area contributed by atoms with E-state index in [9.17, 15) is 0 Å². The van der Waals surface area contributed by atoms with Gasteiger partial charge in [0, 0.05) is 31.9 Å². The smallest absolute Gasteiger partial charge is 0.228 e. The van der Waals surface area contributed by atoms with Gasteiger partial charge in [-0.2, -0.15) is 0 Å². The van der Waals surface area contributed by atoms with Gasteiger partial charge in [0.1, 0.15) is 5.76 Å². The maximum Gasteiger partial charge on any atom is 0.228 e. The van der Waals surface area contributed by atoms with Crippen molar-refractivity contribution in [3.8, 4) is 11.5 Å². The molecular weight excluding hydrogens is 190 g/mol. The van der Waals surface area contributed by atoms with Crippen LogP contribution in [-0.2, 0) is 13.0 Å². The number of hydrogen-bond acceptors (Lipinski definition) is 4. The molecule has 0 bridgehead atoms. The summed E-state index contributed by atoms with van der Waals surface area (Å²) in [4.78, 5) is 8.50. The number of oxazole rings is 1. The third-order valence-electron chi connectivity index (χ3n) is 2.51. The summed E-state index contributed by atoms with van der Waals surface area (Å²) in [5.74, 6) is 1.68. The first kappa shape index (κ1) is 8.61. The van der Waals surface area contributed by atoms with Crippen molar-refractivity contribution in [3.63, 3.8) is 0 Å². The summed E-state index contributed by atoms with van der Waals surface area (Å²) < 4.78 is 5.70. The Morgan fingerprint density at radius 1 is 1.40 bits per heavy atom. The van der Waals surface area contributed by atoms with E-state index in [1.54, 1.807) is 12.4 Å². The molecule has 0 aromatic carbocycles. The first-order chi connectivity index (χ1) is 7.43. The molecule has 0 fully saturated rings. The molecule has 4 nitrogen and oxygen atoms in total. The minimum Gasteiger partial charge on any atom is -0.441 e. The second-order valence-corrected chi connectivity index (χ2v) is 3.56. The lowest BCUT2D eigenvalue weighted by Gasteiger charge is -2.08. The molecule has 0 atom stereocenters. The van der Waals surface area contributed by atoms with E-state index in [4.69, 9.17) is 4.42 Å². The van der Waals surface area contributed by atoms with Crippen LogP contribution in [0.2, 0.25) is 0 Å². The molecule has 2 aromatic heterocycles. The van der Waals surface area contributed by atoms with Crippen LogP contribution in [0, 0.1) is 0 Å². The van der Waals surface area contributed by atoms with E-state index in [1.807, 2.05) is 12.1 Å². The van der Waals surface area contributed by atoms with Crippen LogP contribution in [0.15, 0.2) is 28.9 Å². The molecule has 0 aliphatic carbocycles. The average molecular weight is 201 g/mol. The molecule has 76 valence electrons. The third-order valence-corrected chi connectivity index (χ3v) is 2.51. The SMILES string of the molecule is c1cncc(-c2nc3c(o2)CCNC3)c1. The highest BCUT2D eigenvalue weighted by atomic mass is 16.4. The molecule has 15 heavy (non-hydrogen) atoms. The molecule has 0 saturated carbocycles. The molecule has 1 aliphatic rings. The standard InChI is InChI=1S/C11H11N3O/c1-2-8(6-12-4-1)11-14-9-7-13-5-3-10(9)15-11/h1-2,4,6,13H,3,5,7H2. The van der Waals surface area contributed by atoms with Crippen molar-refractivity contribution in [1.29, 1.82) is 0 Å². The summed E-state index contributed by atoms with van der Waals surface area (Å²) in [6.07, 6.45) is 4.43. The van der Waals surface area contributed by atoms with Crippen LogP contribution in [0.3, 0.4) is 0 Å². The highest BCUT2D eigenvalue weighted by Crippen LogP contribution is 2.22. The summed E-state index contributed by atoms with van der Waals surface area (Å²) in [7, 11) is 0. The highest BCUT2D eigenvalue weighted by molar-refractivity contribution is 5.51. The molecule has 0 spiro atoms. The maximum atomic E-state index is 5.70. The van der Waals surface area contributed by atoms with E-state index in [2.05, 4.69) is 15.3 Å². The van der Waals surface area contributed by atoms with E-state index in [1.165, 1.54) is 0 Å². The van der Waals surface area contributed by atoms with Crippen LogP contribution in [-0.4, -0.2) is 16.5 Å². The van der Waals surface area contributed by atoms with Crippen molar-refractivity contribution < 1.29 is 4.42 Å². The van der Waals surface area contributed by atoms with Crippen LogP contribution in [0.5, 0.6) is 0 Å². The Balaban J connectivity index is 2.03. The Morgan fingerprint density at radius 2 is 2.40 bits per heavy atom. The van der Waals surface area contributed by atoms with Gasteiger partial charge in [-0.25, -0.2) is 4.98 Å².